The topological polar surface area (TPSA) is 138 Å². The molecule has 0 bridgehead atoms. The molecular weight excluding hydrogens is 540 g/mol. The number of hydrogen-bond acceptors (Lipinski definition) is 9. The Hall–Kier alpha value is -0.620. The lowest BCUT2D eigenvalue weighted by Gasteiger charge is -2.60. The van der Waals surface area contributed by atoms with Gasteiger partial charge in [0.1, 0.15) is 24.4 Å². The van der Waals surface area contributed by atoms with E-state index in [0.717, 1.165) is 45.1 Å². The maximum atomic E-state index is 10.9. The van der Waals surface area contributed by atoms with Crippen LogP contribution < -0.4 is 0 Å². The zero-order valence-corrected chi connectivity index (χ0v) is 25.6. The standard InChI is InChI=1S/C33H52O9/c1-16-7-10-33(39-15-16)17(2)26-23(42-33)13-22-20-6-5-18-11-19(35)12-25(32(18,4)21(20)8-9-31(22,26)3)41-30-29(38)28(37)27(36)24(14-34)40-30/h5,16-17,19-30,34-38H,6-15H2,1-4H3/t16-,17+,19-,20-,21+,22+,23+,24-,25?,26+,27+,28+,29-,30+,31+,32+,33-/m1/s1. The van der Waals surface area contributed by atoms with Gasteiger partial charge in [-0.05, 0) is 73.5 Å². The monoisotopic (exact) mass is 592 g/mol. The van der Waals surface area contributed by atoms with E-state index in [1.54, 1.807) is 0 Å². The van der Waals surface area contributed by atoms with Gasteiger partial charge in [0.15, 0.2) is 12.1 Å². The zero-order chi connectivity index (χ0) is 29.8. The van der Waals surface area contributed by atoms with E-state index in [4.69, 9.17) is 18.9 Å². The summed E-state index contributed by atoms with van der Waals surface area (Å²) in [5.41, 5.74) is 1.02. The molecule has 3 aliphatic heterocycles. The van der Waals surface area contributed by atoms with E-state index in [9.17, 15) is 25.5 Å². The highest BCUT2D eigenvalue weighted by Gasteiger charge is 2.69. The van der Waals surface area contributed by atoms with Gasteiger partial charge in [0.25, 0.3) is 0 Å². The smallest absolute Gasteiger partial charge is 0.187 e. The van der Waals surface area contributed by atoms with Crippen molar-refractivity contribution in [1.29, 1.82) is 0 Å². The molecule has 0 aromatic carbocycles. The first kappa shape index (κ1) is 30.1. The van der Waals surface area contributed by atoms with Crippen molar-refractivity contribution in [2.24, 2.45) is 46.3 Å². The number of allylic oxidation sites excluding steroid dienone is 1. The number of hydrogen-bond donors (Lipinski definition) is 5. The van der Waals surface area contributed by atoms with E-state index >= 15 is 0 Å². The Labute approximate surface area is 249 Å². The molecule has 0 aromatic rings. The van der Waals surface area contributed by atoms with Crippen LogP contribution in [-0.4, -0.2) is 93.6 Å². The number of rotatable bonds is 3. The van der Waals surface area contributed by atoms with E-state index < -0.39 is 55.3 Å². The largest absolute Gasteiger partial charge is 0.394 e. The Bertz CT molecular complexity index is 1060. The average Bonchev–Trinajstić information content (AvgIpc) is 3.41. The summed E-state index contributed by atoms with van der Waals surface area (Å²) in [6, 6.07) is 0. The van der Waals surface area contributed by atoms with Crippen molar-refractivity contribution in [3.63, 3.8) is 0 Å². The molecule has 238 valence electrons. The lowest BCUT2D eigenvalue weighted by Crippen LogP contribution is -2.62. The van der Waals surface area contributed by atoms with Crippen molar-refractivity contribution in [3.8, 4) is 0 Å². The molecule has 7 aliphatic rings. The molecule has 5 N–H and O–H groups in total. The fraction of sp³-hybridized carbons (Fsp3) is 0.939. The van der Waals surface area contributed by atoms with Crippen LogP contribution in [0.2, 0.25) is 0 Å². The molecule has 6 fully saturated rings. The molecule has 1 spiro atoms. The van der Waals surface area contributed by atoms with E-state index in [1.165, 1.54) is 5.57 Å². The summed E-state index contributed by atoms with van der Waals surface area (Å²) < 4.78 is 25.7. The van der Waals surface area contributed by atoms with Gasteiger partial charge >= 0.3 is 0 Å². The van der Waals surface area contributed by atoms with Crippen LogP contribution in [0.1, 0.15) is 79.1 Å². The summed E-state index contributed by atoms with van der Waals surface area (Å²) in [4.78, 5) is 0. The van der Waals surface area contributed by atoms with Crippen LogP contribution in [0.25, 0.3) is 0 Å². The van der Waals surface area contributed by atoms with Crippen molar-refractivity contribution in [2.45, 2.75) is 134 Å². The van der Waals surface area contributed by atoms with Crippen molar-refractivity contribution >= 4 is 0 Å². The Kier molecular flexibility index (Phi) is 7.48. The summed E-state index contributed by atoms with van der Waals surface area (Å²) in [5, 5.41) is 52.1. The van der Waals surface area contributed by atoms with Gasteiger partial charge in [-0.15, -0.1) is 0 Å². The van der Waals surface area contributed by atoms with Gasteiger partial charge in [-0.3, -0.25) is 0 Å². The van der Waals surface area contributed by atoms with Crippen molar-refractivity contribution in [3.05, 3.63) is 11.6 Å². The molecule has 0 amide bonds. The van der Waals surface area contributed by atoms with Crippen LogP contribution >= 0.6 is 0 Å². The van der Waals surface area contributed by atoms with E-state index in [2.05, 4.69) is 33.8 Å². The third-order valence-electron chi connectivity index (χ3n) is 13.6. The normalized spacial score (nSPS) is 59.0. The summed E-state index contributed by atoms with van der Waals surface area (Å²) >= 11 is 0. The molecule has 9 nitrogen and oxygen atoms in total. The maximum absolute atomic E-state index is 10.9. The molecule has 17 atom stereocenters. The van der Waals surface area contributed by atoms with Crippen molar-refractivity contribution < 1.29 is 44.5 Å². The van der Waals surface area contributed by atoms with Crippen molar-refractivity contribution in [2.75, 3.05) is 13.2 Å². The quantitative estimate of drug-likeness (QED) is 0.313. The van der Waals surface area contributed by atoms with Gasteiger partial charge in [0, 0.05) is 24.2 Å². The van der Waals surface area contributed by atoms with E-state index in [1.807, 2.05) is 0 Å². The predicted molar refractivity (Wildman–Crippen MR) is 152 cm³/mol. The lowest BCUT2D eigenvalue weighted by molar-refractivity contribution is -0.324. The van der Waals surface area contributed by atoms with Crippen LogP contribution in [0.3, 0.4) is 0 Å². The van der Waals surface area contributed by atoms with Gasteiger partial charge < -0.3 is 44.5 Å². The average molecular weight is 593 g/mol. The van der Waals surface area contributed by atoms with Crippen LogP contribution in [-0.2, 0) is 18.9 Å². The van der Waals surface area contributed by atoms with Gasteiger partial charge in [-0.2, -0.15) is 0 Å². The minimum absolute atomic E-state index is 0.171. The molecule has 3 heterocycles. The van der Waals surface area contributed by atoms with E-state index in [-0.39, 0.29) is 16.9 Å². The second kappa shape index (κ2) is 10.5. The molecule has 0 aromatic heterocycles. The van der Waals surface area contributed by atoms with E-state index in [0.29, 0.717) is 48.3 Å². The van der Waals surface area contributed by atoms with Crippen LogP contribution in [0.15, 0.2) is 11.6 Å². The van der Waals surface area contributed by atoms with Gasteiger partial charge in [-0.25, -0.2) is 0 Å². The molecule has 9 heteroatoms. The van der Waals surface area contributed by atoms with Gasteiger partial charge in [0.05, 0.1) is 31.5 Å². The van der Waals surface area contributed by atoms with Crippen LogP contribution in [0, 0.1) is 46.3 Å². The highest BCUT2D eigenvalue weighted by atomic mass is 16.7. The fourth-order valence-electron chi connectivity index (χ4n) is 11.2. The molecule has 3 saturated heterocycles. The molecule has 7 rings (SSSR count). The Morgan fingerprint density at radius 3 is 2.48 bits per heavy atom. The summed E-state index contributed by atoms with van der Waals surface area (Å²) in [6.07, 6.45) is 2.28. The minimum atomic E-state index is -1.49. The Morgan fingerprint density at radius 2 is 1.76 bits per heavy atom. The number of aliphatic hydroxyl groups is 5. The molecule has 0 radical (unpaired) electrons. The second-order valence-electron chi connectivity index (χ2n) is 15.6. The summed E-state index contributed by atoms with van der Waals surface area (Å²) in [7, 11) is 0. The second-order valence-corrected chi connectivity index (χ2v) is 15.6. The lowest BCUT2D eigenvalue weighted by atomic mass is 9.46. The number of ether oxygens (including phenoxy) is 4. The summed E-state index contributed by atoms with van der Waals surface area (Å²) in [6.45, 7) is 9.68. The zero-order valence-electron chi connectivity index (χ0n) is 25.6. The Morgan fingerprint density at radius 1 is 0.976 bits per heavy atom. The van der Waals surface area contributed by atoms with Gasteiger partial charge in [0.2, 0.25) is 0 Å². The number of fused-ring (bicyclic) bond motifs is 7. The van der Waals surface area contributed by atoms with Gasteiger partial charge in [-0.1, -0.05) is 39.3 Å². The molecule has 4 aliphatic carbocycles. The molecular formula is C33H52O9. The van der Waals surface area contributed by atoms with Crippen LogP contribution in [0.5, 0.6) is 0 Å². The third-order valence-corrected chi connectivity index (χ3v) is 13.6. The highest BCUT2D eigenvalue weighted by molar-refractivity contribution is 5.28. The SMILES string of the molecule is C[C@@H]1CC[C@@]2(OC1)O[C@H]1C[C@H]3[C@@H]4CC=C5C[C@@H](O)CC(O[C@@H]6O[C@H](CO)[C@H](O)[C@H](O)[C@H]6O)[C@]5(C)[C@H]4CC[C@]3(C)[C@H]1[C@@H]2C. The first-order chi connectivity index (χ1) is 19.9. The first-order valence-corrected chi connectivity index (χ1v) is 16.6. The van der Waals surface area contributed by atoms with Crippen molar-refractivity contribution in [1.82, 2.24) is 0 Å². The molecule has 42 heavy (non-hydrogen) atoms. The summed E-state index contributed by atoms with van der Waals surface area (Å²) in [5.74, 6) is 2.31. The van der Waals surface area contributed by atoms with Crippen LogP contribution in [0.4, 0.5) is 0 Å². The third kappa shape index (κ3) is 4.21. The minimum Gasteiger partial charge on any atom is -0.394 e. The highest BCUT2D eigenvalue weighted by Crippen LogP contribution is 2.71. The molecule has 1 unspecified atom stereocenters. The molecule has 3 saturated carbocycles. The maximum Gasteiger partial charge on any atom is 0.187 e. The first-order valence-electron chi connectivity index (χ1n) is 16.6. The predicted octanol–water partition coefficient (Wildman–Crippen LogP) is 2.51. The number of aliphatic hydroxyl groups excluding tert-OH is 5. The Balaban J connectivity index is 1.15. The fourth-order valence-corrected chi connectivity index (χ4v) is 11.2.